The molecule has 22 heavy (non-hydrogen) atoms. The molecule has 2 unspecified atom stereocenters. The molecule has 0 aromatic rings. The van der Waals surface area contributed by atoms with Gasteiger partial charge in [0.1, 0.15) is 5.60 Å². The maximum absolute atomic E-state index is 12.6. The number of carbonyl (C=O) groups excluding carboxylic acids is 1. The SMILES string of the molecule is CC(C)(C)OC(=O)N1CC(C(=O)O)CC1(C)C1CCOCC1. The fourth-order valence-electron chi connectivity index (χ4n) is 3.57. The van der Waals surface area contributed by atoms with Crippen LogP contribution in [0.5, 0.6) is 0 Å². The second-order valence-electron chi connectivity index (χ2n) is 7.57. The summed E-state index contributed by atoms with van der Waals surface area (Å²) in [5.41, 5.74) is -1.07. The van der Waals surface area contributed by atoms with Gasteiger partial charge in [-0.1, -0.05) is 0 Å². The van der Waals surface area contributed by atoms with Crippen molar-refractivity contribution in [3.63, 3.8) is 0 Å². The summed E-state index contributed by atoms with van der Waals surface area (Å²) in [5, 5.41) is 9.37. The normalized spacial score (nSPS) is 30.4. The van der Waals surface area contributed by atoms with E-state index in [1.807, 2.05) is 27.7 Å². The summed E-state index contributed by atoms with van der Waals surface area (Å²) in [4.78, 5) is 25.6. The molecule has 0 bridgehead atoms. The van der Waals surface area contributed by atoms with Crippen LogP contribution in [0, 0.1) is 11.8 Å². The Morgan fingerprint density at radius 3 is 2.36 bits per heavy atom. The fraction of sp³-hybridized carbons (Fsp3) is 0.875. The Kier molecular flexibility index (Phi) is 4.70. The largest absolute Gasteiger partial charge is 0.481 e. The van der Waals surface area contributed by atoms with Crippen LogP contribution in [0.1, 0.15) is 47.0 Å². The number of aliphatic carboxylic acids is 1. The minimum Gasteiger partial charge on any atom is -0.481 e. The average Bonchev–Trinajstić information content (AvgIpc) is 2.78. The van der Waals surface area contributed by atoms with E-state index < -0.39 is 29.1 Å². The Bertz CT molecular complexity index is 438. The van der Waals surface area contributed by atoms with Gasteiger partial charge in [-0.05, 0) is 52.9 Å². The predicted molar refractivity (Wildman–Crippen MR) is 80.6 cm³/mol. The summed E-state index contributed by atoms with van der Waals surface area (Å²) in [5.74, 6) is -1.12. The molecule has 2 atom stereocenters. The molecule has 2 heterocycles. The molecule has 0 aliphatic carbocycles. The average molecular weight is 313 g/mol. The molecule has 6 heteroatoms. The highest BCUT2D eigenvalue weighted by Crippen LogP contribution is 2.43. The fourth-order valence-corrected chi connectivity index (χ4v) is 3.57. The number of likely N-dealkylation sites (tertiary alicyclic amines) is 1. The summed E-state index contributed by atoms with van der Waals surface area (Å²) < 4.78 is 10.9. The van der Waals surface area contributed by atoms with E-state index in [0.717, 1.165) is 12.8 Å². The Morgan fingerprint density at radius 2 is 1.86 bits per heavy atom. The van der Waals surface area contributed by atoms with Gasteiger partial charge in [-0.2, -0.15) is 0 Å². The molecule has 0 radical (unpaired) electrons. The van der Waals surface area contributed by atoms with E-state index in [1.54, 1.807) is 4.90 Å². The lowest BCUT2D eigenvalue weighted by Gasteiger charge is -2.43. The molecule has 1 N–H and O–H groups in total. The second-order valence-corrected chi connectivity index (χ2v) is 7.57. The van der Waals surface area contributed by atoms with Crippen molar-refractivity contribution in [2.24, 2.45) is 11.8 Å². The van der Waals surface area contributed by atoms with Gasteiger partial charge < -0.3 is 19.5 Å². The van der Waals surface area contributed by atoms with Gasteiger partial charge in [-0.3, -0.25) is 4.79 Å². The number of hydrogen-bond donors (Lipinski definition) is 1. The van der Waals surface area contributed by atoms with Crippen LogP contribution in [0.25, 0.3) is 0 Å². The molecule has 2 fully saturated rings. The number of rotatable bonds is 2. The van der Waals surface area contributed by atoms with Crippen LogP contribution in [-0.2, 0) is 14.3 Å². The number of carboxylic acid groups (broad SMARTS) is 1. The van der Waals surface area contributed by atoms with Gasteiger partial charge >= 0.3 is 12.1 Å². The zero-order valence-electron chi connectivity index (χ0n) is 13.9. The molecule has 0 aromatic carbocycles. The molecule has 0 saturated carbocycles. The van der Waals surface area contributed by atoms with Crippen LogP contribution >= 0.6 is 0 Å². The van der Waals surface area contributed by atoms with Crippen molar-refractivity contribution in [3.8, 4) is 0 Å². The molecule has 2 aliphatic heterocycles. The van der Waals surface area contributed by atoms with Gasteiger partial charge in [0, 0.05) is 25.3 Å². The number of carbonyl (C=O) groups is 2. The molecule has 6 nitrogen and oxygen atoms in total. The second kappa shape index (κ2) is 6.07. The van der Waals surface area contributed by atoms with Gasteiger partial charge in [0.25, 0.3) is 0 Å². The van der Waals surface area contributed by atoms with E-state index in [2.05, 4.69) is 0 Å². The van der Waals surface area contributed by atoms with Crippen molar-refractivity contribution >= 4 is 12.1 Å². The first-order valence-electron chi connectivity index (χ1n) is 7.94. The minimum absolute atomic E-state index is 0.220. The van der Waals surface area contributed by atoms with Crippen LogP contribution in [0.4, 0.5) is 4.79 Å². The lowest BCUT2D eigenvalue weighted by Crippen LogP contribution is -2.52. The monoisotopic (exact) mass is 313 g/mol. The summed E-state index contributed by atoms with van der Waals surface area (Å²) >= 11 is 0. The number of amides is 1. The lowest BCUT2D eigenvalue weighted by molar-refractivity contribution is -0.141. The number of carboxylic acids is 1. The van der Waals surface area contributed by atoms with Crippen LogP contribution in [-0.4, -0.2) is 53.0 Å². The topological polar surface area (TPSA) is 76.1 Å². The zero-order valence-corrected chi connectivity index (χ0v) is 13.9. The third kappa shape index (κ3) is 3.54. The molecular weight excluding hydrogens is 286 g/mol. The van der Waals surface area contributed by atoms with Crippen molar-refractivity contribution in [1.29, 1.82) is 0 Å². The number of nitrogens with zero attached hydrogens (tertiary/aromatic N) is 1. The van der Waals surface area contributed by atoms with E-state index >= 15 is 0 Å². The van der Waals surface area contributed by atoms with Crippen molar-refractivity contribution in [1.82, 2.24) is 4.90 Å². The zero-order chi connectivity index (χ0) is 16.5. The molecule has 126 valence electrons. The van der Waals surface area contributed by atoms with E-state index in [9.17, 15) is 14.7 Å². The van der Waals surface area contributed by atoms with Crippen molar-refractivity contribution in [3.05, 3.63) is 0 Å². The van der Waals surface area contributed by atoms with E-state index in [1.165, 1.54) is 0 Å². The maximum Gasteiger partial charge on any atom is 0.410 e. The highest BCUT2D eigenvalue weighted by Gasteiger charge is 2.52. The molecular formula is C16H27NO5. The minimum atomic E-state index is -0.843. The summed E-state index contributed by atoms with van der Waals surface area (Å²) in [7, 11) is 0. The third-order valence-corrected chi connectivity index (χ3v) is 4.74. The van der Waals surface area contributed by atoms with Gasteiger partial charge in [0.2, 0.25) is 0 Å². The van der Waals surface area contributed by atoms with Crippen molar-refractivity contribution in [2.75, 3.05) is 19.8 Å². The highest BCUT2D eigenvalue weighted by molar-refractivity contribution is 5.75. The Labute approximate surface area is 131 Å². The molecule has 2 aliphatic rings. The predicted octanol–water partition coefficient (Wildman–Crippen LogP) is 2.51. The van der Waals surface area contributed by atoms with Gasteiger partial charge in [-0.15, -0.1) is 0 Å². The third-order valence-electron chi connectivity index (χ3n) is 4.74. The number of ether oxygens (including phenoxy) is 2. The van der Waals surface area contributed by atoms with Gasteiger partial charge in [0.15, 0.2) is 0 Å². The number of hydrogen-bond acceptors (Lipinski definition) is 4. The molecule has 1 amide bonds. The van der Waals surface area contributed by atoms with Crippen LogP contribution in [0.15, 0.2) is 0 Å². The van der Waals surface area contributed by atoms with E-state index in [0.29, 0.717) is 19.6 Å². The van der Waals surface area contributed by atoms with E-state index in [4.69, 9.17) is 9.47 Å². The molecule has 0 spiro atoms. The van der Waals surface area contributed by atoms with Crippen molar-refractivity contribution < 1.29 is 24.2 Å². The first kappa shape index (κ1) is 17.1. The molecule has 0 aromatic heterocycles. The summed E-state index contributed by atoms with van der Waals surface area (Å²) in [6.07, 6.45) is 1.77. The van der Waals surface area contributed by atoms with Crippen LogP contribution < -0.4 is 0 Å². The molecule has 2 rings (SSSR count). The Balaban J connectivity index is 2.22. The first-order valence-corrected chi connectivity index (χ1v) is 7.94. The van der Waals surface area contributed by atoms with Crippen LogP contribution in [0.2, 0.25) is 0 Å². The summed E-state index contributed by atoms with van der Waals surface area (Å²) in [6, 6.07) is 0. The van der Waals surface area contributed by atoms with Gasteiger partial charge in [-0.25, -0.2) is 4.79 Å². The standard InChI is InChI=1S/C16H27NO5/c1-15(2,3)22-14(20)17-10-11(13(18)19)9-16(17,4)12-5-7-21-8-6-12/h11-12H,5-10H2,1-4H3,(H,18,19). The van der Waals surface area contributed by atoms with Gasteiger partial charge in [0.05, 0.1) is 5.92 Å². The van der Waals surface area contributed by atoms with Crippen molar-refractivity contribution in [2.45, 2.75) is 58.1 Å². The Hall–Kier alpha value is -1.30. The molecule has 2 saturated heterocycles. The highest BCUT2D eigenvalue weighted by atomic mass is 16.6. The maximum atomic E-state index is 12.6. The first-order chi connectivity index (χ1) is 10.1. The lowest BCUT2D eigenvalue weighted by atomic mass is 9.77. The van der Waals surface area contributed by atoms with E-state index in [-0.39, 0.29) is 12.5 Å². The smallest absolute Gasteiger partial charge is 0.410 e. The summed E-state index contributed by atoms with van der Waals surface area (Å²) in [6.45, 7) is 9.01. The quantitative estimate of drug-likeness (QED) is 0.847. The Morgan fingerprint density at radius 1 is 1.27 bits per heavy atom. The van der Waals surface area contributed by atoms with Crippen LogP contribution in [0.3, 0.4) is 0 Å².